The van der Waals surface area contributed by atoms with Crippen molar-refractivity contribution in [3.8, 4) is 38.8 Å². The maximum Gasteiger partial charge on any atom is 0.246 e. The predicted octanol–water partition coefficient (Wildman–Crippen LogP) is 6.85. The molecule has 3 aromatic heterocycles. The topological polar surface area (TPSA) is 78.8 Å². The van der Waals surface area contributed by atoms with E-state index in [1.807, 2.05) is 11.4 Å². The summed E-state index contributed by atoms with van der Waals surface area (Å²) in [5.41, 5.74) is 6.12. The van der Waals surface area contributed by atoms with Crippen LogP contribution >= 0.6 is 22.7 Å². The summed E-state index contributed by atoms with van der Waals surface area (Å²) in [6.45, 7) is 7.80. The fourth-order valence-electron chi connectivity index (χ4n) is 6.20. The van der Waals surface area contributed by atoms with E-state index in [4.69, 9.17) is 14.7 Å². The van der Waals surface area contributed by atoms with Crippen LogP contribution in [0.5, 0.6) is 5.75 Å². The summed E-state index contributed by atoms with van der Waals surface area (Å²) >= 11 is 2.86. The zero-order valence-corrected chi connectivity index (χ0v) is 27.1. The van der Waals surface area contributed by atoms with Gasteiger partial charge < -0.3 is 19.6 Å². The summed E-state index contributed by atoms with van der Waals surface area (Å²) < 4.78 is 37.2. The monoisotopic (exact) mass is 658 g/mol. The minimum Gasteiger partial charge on any atom is -0.490 e. The molecule has 5 heterocycles. The zero-order chi connectivity index (χ0) is 32.1. The molecule has 0 saturated carbocycles. The van der Waals surface area contributed by atoms with Gasteiger partial charge in [0.2, 0.25) is 5.91 Å². The third-order valence-electron chi connectivity index (χ3n) is 8.46. The lowest BCUT2D eigenvalue weighted by molar-refractivity contribution is -0.126. The molecular weight excluding hydrogens is 627 g/mol. The molecular formula is C35H32F2N4O3S2. The average molecular weight is 659 g/mol. The number of nitrogens with zero attached hydrogens (tertiary/aromatic N) is 4. The van der Waals surface area contributed by atoms with Crippen molar-refractivity contribution in [2.45, 2.75) is 39.0 Å². The molecule has 7 rings (SSSR count). The number of hydrogen-bond acceptors (Lipinski definition) is 8. The minimum absolute atomic E-state index is 0.0223. The molecule has 7 nitrogen and oxygen atoms in total. The average Bonchev–Trinajstić information content (AvgIpc) is 3.70. The van der Waals surface area contributed by atoms with Crippen LogP contribution in [0.4, 0.5) is 8.78 Å². The number of thiazole rings is 1. The predicted molar refractivity (Wildman–Crippen MR) is 178 cm³/mol. The number of likely N-dealkylation sites (N-methyl/N-ethyl adjacent to an activating group) is 1. The van der Waals surface area contributed by atoms with Crippen molar-refractivity contribution in [2.24, 2.45) is 0 Å². The maximum absolute atomic E-state index is 16.0. The molecule has 236 valence electrons. The summed E-state index contributed by atoms with van der Waals surface area (Å²) in [5.74, 6) is -1.75. The van der Waals surface area contributed by atoms with Crippen LogP contribution in [0.2, 0.25) is 0 Å². The highest BCUT2D eigenvalue weighted by molar-refractivity contribution is 7.18. The van der Waals surface area contributed by atoms with Gasteiger partial charge in [-0.15, -0.1) is 22.7 Å². The number of ether oxygens (including phenoxy) is 1. The molecule has 0 aliphatic carbocycles. The SMILES string of the molecule is C=CC(=O)N1CCc2nc(-c3nc(-c4ccc5c(c4)CCN(C)C5)c4ccsc4c3-c3c(F)cc(F)cc3OC[C@@H](C)O)sc2C1. The highest BCUT2D eigenvalue weighted by atomic mass is 32.1. The summed E-state index contributed by atoms with van der Waals surface area (Å²) in [6.07, 6.45) is 1.96. The Labute approximate surface area is 273 Å². The van der Waals surface area contributed by atoms with Crippen molar-refractivity contribution in [3.63, 3.8) is 0 Å². The normalized spacial score (nSPS) is 15.5. The minimum atomic E-state index is -0.850. The van der Waals surface area contributed by atoms with Crippen molar-refractivity contribution < 1.29 is 23.4 Å². The molecule has 1 N–H and O–H groups in total. The van der Waals surface area contributed by atoms with Gasteiger partial charge in [-0.2, -0.15) is 0 Å². The van der Waals surface area contributed by atoms with Crippen LogP contribution < -0.4 is 4.74 Å². The fourth-order valence-corrected chi connectivity index (χ4v) is 8.27. The van der Waals surface area contributed by atoms with Crippen LogP contribution in [-0.2, 0) is 30.7 Å². The first-order chi connectivity index (χ1) is 22.2. The van der Waals surface area contributed by atoms with Gasteiger partial charge in [-0.1, -0.05) is 18.7 Å². The second kappa shape index (κ2) is 12.3. The standard InChI is InChI=1S/C35H32F2N4O3S2/c1-4-29(43)41-11-8-26-28(17-41)46-35(38-26)33-31(30-25(37)14-23(36)15-27(30)44-18-19(2)42)34-24(9-12-45-34)32(39-33)21-5-6-22-16-40(3)10-7-20(22)13-21/h4-6,9,12-15,19,42H,1,7-8,10-11,16-18H2,2-3H3/t19-/m1/s1. The number of pyridine rings is 1. The van der Waals surface area contributed by atoms with Crippen LogP contribution in [0, 0.1) is 11.6 Å². The van der Waals surface area contributed by atoms with E-state index >= 15 is 4.39 Å². The number of carbonyl (C=O) groups excluding carboxylic acids is 1. The zero-order valence-electron chi connectivity index (χ0n) is 25.5. The van der Waals surface area contributed by atoms with Gasteiger partial charge >= 0.3 is 0 Å². The van der Waals surface area contributed by atoms with Gasteiger partial charge in [0.1, 0.15) is 34.7 Å². The van der Waals surface area contributed by atoms with Crippen molar-refractivity contribution in [1.29, 1.82) is 0 Å². The van der Waals surface area contributed by atoms with Gasteiger partial charge in [-0.3, -0.25) is 4.79 Å². The third kappa shape index (κ3) is 5.62. The number of halogens is 2. The van der Waals surface area contributed by atoms with E-state index in [2.05, 4.69) is 36.7 Å². The molecule has 2 aromatic carbocycles. The molecule has 0 bridgehead atoms. The molecule has 0 radical (unpaired) electrons. The molecule has 1 atom stereocenters. The Morgan fingerprint density at radius 3 is 2.74 bits per heavy atom. The summed E-state index contributed by atoms with van der Waals surface area (Å²) in [5, 5.41) is 13.3. The second-order valence-electron chi connectivity index (χ2n) is 11.8. The van der Waals surface area contributed by atoms with Crippen LogP contribution in [-0.4, -0.2) is 63.6 Å². The number of amides is 1. The van der Waals surface area contributed by atoms with E-state index in [-0.39, 0.29) is 23.8 Å². The lowest BCUT2D eigenvalue weighted by atomic mass is 9.94. The quantitative estimate of drug-likeness (QED) is 0.193. The molecule has 2 aliphatic heterocycles. The summed E-state index contributed by atoms with van der Waals surface area (Å²) in [4.78, 5) is 27.6. The van der Waals surface area contributed by atoms with Gasteiger partial charge in [0.25, 0.3) is 0 Å². The van der Waals surface area contributed by atoms with Gasteiger partial charge in [-0.05, 0) is 55.1 Å². The highest BCUT2D eigenvalue weighted by Gasteiger charge is 2.30. The third-order valence-corrected chi connectivity index (χ3v) is 10.5. The number of aromatic nitrogens is 2. The Balaban J connectivity index is 1.47. The van der Waals surface area contributed by atoms with E-state index < -0.39 is 17.7 Å². The second-order valence-corrected chi connectivity index (χ2v) is 13.8. The first kappa shape index (κ1) is 30.6. The summed E-state index contributed by atoms with van der Waals surface area (Å²) in [7, 11) is 2.12. The smallest absolute Gasteiger partial charge is 0.246 e. The van der Waals surface area contributed by atoms with Crippen LogP contribution in [0.25, 0.3) is 43.2 Å². The first-order valence-electron chi connectivity index (χ1n) is 15.1. The van der Waals surface area contributed by atoms with Crippen molar-refractivity contribution in [2.75, 3.05) is 26.7 Å². The molecule has 2 aliphatic rings. The van der Waals surface area contributed by atoms with Crippen molar-refractivity contribution in [1.82, 2.24) is 19.8 Å². The lowest BCUT2D eigenvalue weighted by Gasteiger charge is -2.25. The number of hydrogen-bond donors (Lipinski definition) is 1. The molecule has 11 heteroatoms. The molecule has 5 aromatic rings. The van der Waals surface area contributed by atoms with Crippen molar-refractivity contribution in [3.05, 3.63) is 87.8 Å². The lowest BCUT2D eigenvalue weighted by Crippen LogP contribution is -2.34. The number of aliphatic hydroxyl groups is 1. The van der Waals surface area contributed by atoms with E-state index in [0.29, 0.717) is 35.8 Å². The first-order valence-corrected chi connectivity index (χ1v) is 16.8. The van der Waals surface area contributed by atoms with Gasteiger partial charge in [-0.25, -0.2) is 18.7 Å². The summed E-state index contributed by atoms with van der Waals surface area (Å²) in [6, 6.07) is 10.4. The van der Waals surface area contributed by atoms with Crippen LogP contribution in [0.3, 0.4) is 0 Å². The van der Waals surface area contributed by atoms with E-state index in [1.54, 1.807) is 11.8 Å². The molecule has 0 saturated heterocycles. The molecule has 0 spiro atoms. The number of benzene rings is 2. The van der Waals surface area contributed by atoms with E-state index in [1.165, 1.54) is 39.9 Å². The highest BCUT2D eigenvalue weighted by Crippen LogP contribution is 2.48. The van der Waals surface area contributed by atoms with Gasteiger partial charge in [0.15, 0.2) is 0 Å². The number of aliphatic hydroxyl groups excluding tert-OH is 1. The molecule has 0 fully saturated rings. The van der Waals surface area contributed by atoms with Crippen LogP contribution in [0.15, 0.2) is 54.4 Å². The Morgan fingerprint density at radius 1 is 1.09 bits per heavy atom. The van der Waals surface area contributed by atoms with E-state index in [9.17, 15) is 14.3 Å². The molecule has 46 heavy (non-hydrogen) atoms. The largest absolute Gasteiger partial charge is 0.490 e. The van der Waals surface area contributed by atoms with Gasteiger partial charge in [0, 0.05) is 64.3 Å². The Morgan fingerprint density at radius 2 is 1.93 bits per heavy atom. The van der Waals surface area contributed by atoms with Crippen molar-refractivity contribution >= 4 is 38.7 Å². The van der Waals surface area contributed by atoms with Gasteiger partial charge in [0.05, 0.1) is 29.6 Å². The Kier molecular flexibility index (Phi) is 8.18. The molecule has 0 unspecified atom stereocenters. The van der Waals surface area contributed by atoms with Crippen LogP contribution in [0.1, 0.15) is 28.6 Å². The fraction of sp³-hybridized carbons (Fsp3) is 0.286. The van der Waals surface area contributed by atoms with E-state index in [0.717, 1.165) is 63.6 Å². The number of carbonyl (C=O) groups is 1. The number of fused-ring (bicyclic) bond motifs is 3. The molecule has 1 amide bonds. The number of rotatable bonds is 7. The Bertz CT molecular complexity index is 2000. The Hall–Kier alpha value is -4.03. The number of thiophene rings is 1. The maximum atomic E-state index is 16.0.